The molecular weight excluding hydrogens is 256 g/mol. The minimum Gasteiger partial charge on any atom is -0.388 e. The second kappa shape index (κ2) is 5.54. The molecule has 2 N–H and O–H groups in total. The largest absolute Gasteiger partial charge is 0.388 e. The van der Waals surface area contributed by atoms with Gasteiger partial charge in [0.15, 0.2) is 0 Å². The highest BCUT2D eigenvalue weighted by Crippen LogP contribution is 2.20. The van der Waals surface area contributed by atoms with Gasteiger partial charge in [0.1, 0.15) is 6.04 Å². The minimum absolute atomic E-state index is 0.135. The summed E-state index contributed by atoms with van der Waals surface area (Å²) in [7, 11) is -3.35. The molecule has 7 heteroatoms. The van der Waals surface area contributed by atoms with Crippen LogP contribution in [0.15, 0.2) is 0 Å². The van der Waals surface area contributed by atoms with Crippen LogP contribution in [0.5, 0.6) is 0 Å². The van der Waals surface area contributed by atoms with E-state index < -0.39 is 21.7 Å². The fourth-order valence-corrected chi connectivity index (χ4v) is 3.04. The summed E-state index contributed by atoms with van der Waals surface area (Å²) in [5.74, 6) is -0.327. The number of rotatable bonds is 5. The van der Waals surface area contributed by atoms with Crippen LogP contribution in [0.3, 0.4) is 0 Å². The average molecular weight is 278 g/mol. The third kappa shape index (κ3) is 3.93. The van der Waals surface area contributed by atoms with Gasteiger partial charge in [0.25, 0.3) is 0 Å². The number of amides is 1. The molecule has 1 rings (SSSR count). The van der Waals surface area contributed by atoms with Crippen molar-refractivity contribution in [3.05, 3.63) is 0 Å². The zero-order valence-electron chi connectivity index (χ0n) is 11.1. The molecule has 0 aromatic heterocycles. The maximum atomic E-state index is 11.9. The lowest BCUT2D eigenvalue weighted by molar-refractivity contribution is -0.125. The Balaban J connectivity index is 2.62. The summed E-state index contributed by atoms with van der Waals surface area (Å²) in [4.78, 5) is 11.9. The Labute approximate surface area is 108 Å². The van der Waals surface area contributed by atoms with E-state index in [0.29, 0.717) is 25.8 Å². The van der Waals surface area contributed by atoms with Gasteiger partial charge in [-0.05, 0) is 26.2 Å². The van der Waals surface area contributed by atoms with Crippen molar-refractivity contribution in [2.45, 2.75) is 44.8 Å². The molecular formula is C11H22N2O4S. The molecule has 0 aromatic carbocycles. The summed E-state index contributed by atoms with van der Waals surface area (Å²) in [5.41, 5.74) is -0.954. The predicted molar refractivity (Wildman–Crippen MR) is 68.5 cm³/mol. The molecule has 1 fully saturated rings. The minimum atomic E-state index is -3.35. The molecule has 2 atom stereocenters. The number of carbonyl (C=O) groups excluding carboxylic acids is 1. The molecule has 0 aliphatic carbocycles. The number of nitrogens with zero attached hydrogens (tertiary/aromatic N) is 1. The van der Waals surface area contributed by atoms with Crippen molar-refractivity contribution < 1.29 is 18.3 Å². The van der Waals surface area contributed by atoms with E-state index in [9.17, 15) is 18.3 Å². The summed E-state index contributed by atoms with van der Waals surface area (Å²) in [5, 5.41) is 12.4. The monoisotopic (exact) mass is 278 g/mol. The van der Waals surface area contributed by atoms with Crippen LogP contribution in [0, 0.1) is 0 Å². The van der Waals surface area contributed by atoms with Crippen LogP contribution >= 0.6 is 0 Å². The zero-order valence-corrected chi connectivity index (χ0v) is 12.0. The third-order valence-electron chi connectivity index (χ3n) is 3.34. The first-order valence-corrected chi connectivity index (χ1v) is 7.99. The van der Waals surface area contributed by atoms with Gasteiger partial charge in [-0.1, -0.05) is 6.92 Å². The Morgan fingerprint density at radius 3 is 2.67 bits per heavy atom. The summed E-state index contributed by atoms with van der Waals surface area (Å²) >= 11 is 0. The molecule has 0 saturated carbocycles. The highest BCUT2D eigenvalue weighted by atomic mass is 32.2. The molecule has 0 bridgehead atoms. The molecule has 1 aliphatic heterocycles. The quantitative estimate of drug-likeness (QED) is 0.722. The van der Waals surface area contributed by atoms with Gasteiger partial charge in [-0.15, -0.1) is 0 Å². The maximum absolute atomic E-state index is 11.9. The predicted octanol–water partition coefficient (Wildman–Crippen LogP) is -0.312. The fourth-order valence-electron chi connectivity index (χ4n) is 1.92. The van der Waals surface area contributed by atoms with Crippen LogP contribution in [-0.2, 0) is 14.8 Å². The van der Waals surface area contributed by atoms with Gasteiger partial charge in [-0.25, -0.2) is 8.42 Å². The van der Waals surface area contributed by atoms with Gasteiger partial charge < -0.3 is 10.4 Å². The number of sulfonamides is 1. The lowest BCUT2D eigenvalue weighted by Gasteiger charge is -2.25. The molecule has 1 heterocycles. The summed E-state index contributed by atoms with van der Waals surface area (Å²) in [6.07, 6.45) is 2.86. The Kier molecular flexibility index (Phi) is 4.74. The first-order valence-electron chi connectivity index (χ1n) is 6.14. The van der Waals surface area contributed by atoms with Crippen molar-refractivity contribution in [1.82, 2.24) is 9.62 Å². The second-order valence-corrected chi connectivity index (χ2v) is 7.04. The Hall–Kier alpha value is -0.660. The van der Waals surface area contributed by atoms with Crippen molar-refractivity contribution in [2.24, 2.45) is 0 Å². The Morgan fingerprint density at radius 1 is 1.56 bits per heavy atom. The third-order valence-corrected chi connectivity index (χ3v) is 4.63. The van der Waals surface area contributed by atoms with Gasteiger partial charge in [0.05, 0.1) is 11.9 Å². The Bertz CT molecular complexity index is 405. The van der Waals surface area contributed by atoms with Gasteiger partial charge in [0.2, 0.25) is 15.9 Å². The first kappa shape index (κ1) is 15.4. The molecule has 6 nitrogen and oxygen atoms in total. The molecule has 1 saturated heterocycles. The molecule has 1 aliphatic rings. The number of hydrogen-bond donors (Lipinski definition) is 2. The van der Waals surface area contributed by atoms with E-state index in [4.69, 9.17) is 0 Å². The molecule has 18 heavy (non-hydrogen) atoms. The van der Waals surface area contributed by atoms with Crippen LogP contribution in [0.1, 0.15) is 33.1 Å². The van der Waals surface area contributed by atoms with Crippen molar-refractivity contribution in [1.29, 1.82) is 0 Å². The van der Waals surface area contributed by atoms with Gasteiger partial charge in [-0.2, -0.15) is 4.31 Å². The highest BCUT2D eigenvalue weighted by molar-refractivity contribution is 7.88. The van der Waals surface area contributed by atoms with Crippen molar-refractivity contribution in [3.8, 4) is 0 Å². The van der Waals surface area contributed by atoms with Crippen LogP contribution in [-0.4, -0.2) is 54.7 Å². The van der Waals surface area contributed by atoms with Gasteiger partial charge in [-0.3, -0.25) is 4.79 Å². The van der Waals surface area contributed by atoms with E-state index >= 15 is 0 Å². The zero-order chi connectivity index (χ0) is 14.0. The van der Waals surface area contributed by atoms with E-state index in [2.05, 4.69) is 5.32 Å². The number of hydrogen-bond acceptors (Lipinski definition) is 4. The fraction of sp³-hybridized carbons (Fsp3) is 0.909. The lowest BCUT2D eigenvalue weighted by Crippen LogP contribution is -2.49. The van der Waals surface area contributed by atoms with Crippen molar-refractivity contribution in [2.75, 3.05) is 19.3 Å². The van der Waals surface area contributed by atoms with E-state index in [-0.39, 0.29) is 12.5 Å². The SMILES string of the molecule is CCC(C)(O)CNC(=O)C1CCCN1S(C)(=O)=O. The average Bonchev–Trinajstić information content (AvgIpc) is 2.74. The molecule has 2 unspecified atom stereocenters. The molecule has 106 valence electrons. The maximum Gasteiger partial charge on any atom is 0.238 e. The van der Waals surface area contributed by atoms with E-state index in [1.165, 1.54) is 4.31 Å². The second-order valence-electron chi connectivity index (χ2n) is 5.10. The standard InChI is InChI=1S/C11H22N2O4S/c1-4-11(2,15)8-12-10(14)9-6-5-7-13(9)18(3,16)17/h9,15H,4-8H2,1-3H3,(H,12,14). The number of nitrogens with one attached hydrogen (secondary N) is 1. The van der Waals surface area contributed by atoms with Gasteiger partial charge in [0, 0.05) is 13.1 Å². The van der Waals surface area contributed by atoms with Gasteiger partial charge >= 0.3 is 0 Å². The van der Waals surface area contributed by atoms with Crippen LogP contribution < -0.4 is 5.32 Å². The topological polar surface area (TPSA) is 86.7 Å². The Morgan fingerprint density at radius 2 is 2.17 bits per heavy atom. The van der Waals surface area contributed by atoms with Crippen LogP contribution in [0.4, 0.5) is 0 Å². The molecule has 0 radical (unpaired) electrons. The van der Waals surface area contributed by atoms with Crippen LogP contribution in [0.25, 0.3) is 0 Å². The van der Waals surface area contributed by atoms with E-state index in [1.807, 2.05) is 6.92 Å². The summed E-state index contributed by atoms with van der Waals surface area (Å²) < 4.78 is 24.2. The molecule has 0 aromatic rings. The van der Waals surface area contributed by atoms with E-state index in [0.717, 1.165) is 6.26 Å². The summed E-state index contributed by atoms with van der Waals surface area (Å²) in [6.45, 7) is 3.98. The normalized spacial score (nSPS) is 24.8. The van der Waals surface area contributed by atoms with E-state index in [1.54, 1.807) is 6.92 Å². The molecule has 1 amide bonds. The molecule has 0 spiro atoms. The first-order chi connectivity index (χ1) is 8.17. The van der Waals surface area contributed by atoms with Crippen LogP contribution in [0.2, 0.25) is 0 Å². The van der Waals surface area contributed by atoms with Crippen molar-refractivity contribution in [3.63, 3.8) is 0 Å². The number of aliphatic hydroxyl groups is 1. The smallest absolute Gasteiger partial charge is 0.238 e. The van der Waals surface area contributed by atoms with Crippen molar-refractivity contribution >= 4 is 15.9 Å². The lowest BCUT2D eigenvalue weighted by atomic mass is 10.0. The summed E-state index contributed by atoms with van der Waals surface area (Å²) in [6, 6.07) is -0.632. The highest BCUT2D eigenvalue weighted by Gasteiger charge is 2.36. The number of carbonyl (C=O) groups is 1.